The van der Waals surface area contributed by atoms with Crippen LogP contribution in [0.5, 0.6) is 0 Å². The molecule has 0 N–H and O–H groups in total. The maximum atomic E-state index is 5.03. The third kappa shape index (κ3) is 4.76. The minimum Gasteiger partial charge on any atom is -0.370 e. The van der Waals surface area contributed by atoms with Gasteiger partial charge in [0.05, 0.1) is 33.2 Å². The summed E-state index contributed by atoms with van der Waals surface area (Å²) >= 11 is 0. The average Bonchev–Trinajstić information content (AvgIpc) is 3.02. The van der Waals surface area contributed by atoms with Crippen LogP contribution in [0.4, 0.5) is 11.4 Å². The average molecular weight is 400 g/mol. The molecule has 1 heterocycles. The first-order chi connectivity index (χ1) is 13.8. The fraction of sp³-hybridized carbons (Fsp3) is 0.667. The number of aliphatic imine (C=N–C) groups is 1. The quantitative estimate of drug-likeness (QED) is 0.636. The second-order valence-electron chi connectivity index (χ2n) is 8.41. The van der Waals surface area contributed by atoms with E-state index in [-0.39, 0.29) is 5.54 Å². The molecule has 0 atom stereocenters. The standard InChI is InChI=1S/C24H41N5/c1-10-27(11-2)19-17-16-18-20(21(19)28(12-3)13-4)22(29(14-5)15-6)23(25-18)26-24(7,8)9/h16-17H,10-15H2,1-9H3. The molecule has 0 saturated carbocycles. The van der Waals surface area contributed by atoms with E-state index in [4.69, 9.17) is 9.98 Å². The Balaban J connectivity index is 3.02. The highest BCUT2D eigenvalue weighted by Gasteiger charge is 2.27. The van der Waals surface area contributed by atoms with E-state index in [1.54, 1.807) is 0 Å². The first kappa shape index (κ1) is 23.2. The minimum absolute atomic E-state index is 0.170. The van der Waals surface area contributed by atoms with Gasteiger partial charge in [-0.15, -0.1) is 0 Å². The lowest BCUT2D eigenvalue weighted by molar-refractivity contribution is 0.445. The SMILES string of the molecule is CCN(CC)C1=c2c(N(CC)CC)c(N(CC)CC)ccc2=NC1=NC(C)(C)C. The number of amidine groups is 1. The van der Waals surface area contributed by atoms with Crippen LogP contribution in [0.1, 0.15) is 62.3 Å². The molecule has 0 spiro atoms. The molecule has 1 aliphatic heterocycles. The topological polar surface area (TPSA) is 34.4 Å². The lowest BCUT2D eigenvalue weighted by Crippen LogP contribution is -2.40. The lowest BCUT2D eigenvalue weighted by Gasteiger charge is -2.31. The number of hydrogen-bond donors (Lipinski definition) is 0. The van der Waals surface area contributed by atoms with E-state index in [0.717, 1.165) is 50.5 Å². The van der Waals surface area contributed by atoms with Crippen molar-refractivity contribution in [3.05, 3.63) is 22.7 Å². The fourth-order valence-corrected chi connectivity index (χ4v) is 4.09. The molecule has 0 radical (unpaired) electrons. The zero-order valence-corrected chi connectivity index (χ0v) is 20.1. The van der Waals surface area contributed by atoms with E-state index in [1.165, 1.54) is 22.3 Å². The summed E-state index contributed by atoms with van der Waals surface area (Å²) in [6, 6.07) is 4.44. The Hall–Kier alpha value is -2.04. The van der Waals surface area contributed by atoms with Crippen LogP contribution in [0.2, 0.25) is 0 Å². The number of fused-ring (bicyclic) bond motifs is 1. The number of rotatable bonds is 9. The first-order valence-corrected chi connectivity index (χ1v) is 11.4. The summed E-state index contributed by atoms with van der Waals surface area (Å²) in [7, 11) is 0. The number of hydrogen-bond acceptors (Lipinski definition) is 4. The van der Waals surface area contributed by atoms with Crippen molar-refractivity contribution in [2.24, 2.45) is 9.98 Å². The Kier molecular flexibility index (Phi) is 7.73. The maximum Gasteiger partial charge on any atom is 0.173 e. The third-order valence-electron chi connectivity index (χ3n) is 5.51. The van der Waals surface area contributed by atoms with Crippen molar-refractivity contribution in [2.45, 2.75) is 67.9 Å². The smallest absolute Gasteiger partial charge is 0.173 e. The molecular formula is C24H41N5. The number of likely N-dealkylation sites (N-methyl/N-ethyl adjacent to an activating group) is 1. The normalized spacial score (nSPS) is 14.8. The van der Waals surface area contributed by atoms with Gasteiger partial charge in [-0.05, 0) is 74.4 Å². The van der Waals surface area contributed by atoms with Gasteiger partial charge in [0, 0.05) is 39.3 Å². The summed E-state index contributed by atoms with van der Waals surface area (Å²) in [6.45, 7) is 25.6. The molecule has 1 aromatic carbocycles. The summed E-state index contributed by atoms with van der Waals surface area (Å²) in [5.74, 6) is 0.876. The Morgan fingerprint density at radius 2 is 1.28 bits per heavy atom. The highest BCUT2D eigenvalue weighted by Crippen LogP contribution is 2.27. The fourth-order valence-electron chi connectivity index (χ4n) is 4.09. The largest absolute Gasteiger partial charge is 0.370 e. The Morgan fingerprint density at radius 1 is 0.759 bits per heavy atom. The van der Waals surface area contributed by atoms with E-state index in [1.807, 2.05) is 0 Å². The van der Waals surface area contributed by atoms with Crippen molar-refractivity contribution >= 4 is 22.9 Å². The van der Waals surface area contributed by atoms with Crippen LogP contribution in [0.3, 0.4) is 0 Å². The van der Waals surface area contributed by atoms with Crippen molar-refractivity contribution in [2.75, 3.05) is 49.1 Å². The van der Waals surface area contributed by atoms with Gasteiger partial charge in [-0.2, -0.15) is 0 Å². The summed E-state index contributed by atoms with van der Waals surface area (Å²) in [5.41, 5.74) is 3.63. The molecule has 0 fully saturated rings. The van der Waals surface area contributed by atoms with E-state index in [9.17, 15) is 0 Å². The first-order valence-electron chi connectivity index (χ1n) is 11.4. The lowest BCUT2D eigenvalue weighted by atomic mass is 10.1. The van der Waals surface area contributed by atoms with Gasteiger partial charge in [0.15, 0.2) is 5.84 Å². The van der Waals surface area contributed by atoms with Crippen LogP contribution in [0, 0.1) is 0 Å². The molecule has 5 heteroatoms. The van der Waals surface area contributed by atoms with Crippen molar-refractivity contribution in [3.63, 3.8) is 0 Å². The van der Waals surface area contributed by atoms with E-state index < -0.39 is 0 Å². The van der Waals surface area contributed by atoms with Gasteiger partial charge in [-0.1, -0.05) is 0 Å². The molecule has 0 saturated heterocycles. The van der Waals surface area contributed by atoms with Crippen LogP contribution >= 0.6 is 0 Å². The molecule has 0 aromatic heterocycles. The van der Waals surface area contributed by atoms with E-state index in [2.05, 4.69) is 89.1 Å². The van der Waals surface area contributed by atoms with Crippen LogP contribution in [-0.2, 0) is 0 Å². The number of benzene rings is 1. The molecule has 29 heavy (non-hydrogen) atoms. The molecule has 0 aliphatic carbocycles. The minimum atomic E-state index is -0.170. The van der Waals surface area contributed by atoms with Crippen molar-refractivity contribution < 1.29 is 0 Å². The molecule has 0 unspecified atom stereocenters. The molecule has 1 aliphatic rings. The van der Waals surface area contributed by atoms with Gasteiger partial charge < -0.3 is 14.7 Å². The Morgan fingerprint density at radius 3 is 1.72 bits per heavy atom. The zero-order valence-electron chi connectivity index (χ0n) is 20.1. The second-order valence-corrected chi connectivity index (χ2v) is 8.41. The van der Waals surface area contributed by atoms with Crippen molar-refractivity contribution in [1.29, 1.82) is 0 Å². The maximum absolute atomic E-state index is 5.03. The highest BCUT2D eigenvalue weighted by atomic mass is 15.2. The monoisotopic (exact) mass is 399 g/mol. The molecule has 2 rings (SSSR count). The van der Waals surface area contributed by atoms with Gasteiger partial charge in [-0.25, -0.2) is 4.99 Å². The summed E-state index contributed by atoms with van der Waals surface area (Å²) < 4.78 is 0. The highest BCUT2D eigenvalue weighted by molar-refractivity contribution is 6.19. The van der Waals surface area contributed by atoms with Gasteiger partial charge >= 0.3 is 0 Å². The summed E-state index contributed by atoms with van der Waals surface area (Å²) in [6.07, 6.45) is 0. The predicted octanol–water partition coefficient (Wildman–Crippen LogP) is 3.66. The predicted molar refractivity (Wildman–Crippen MR) is 128 cm³/mol. The van der Waals surface area contributed by atoms with E-state index >= 15 is 0 Å². The molecule has 1 aromatic rings. The summed E-state index contributed by atoms with van der Waals surface area (Å²) in [5, 5.41) is 2.30. The van der Waals surface area contributed by atoms with Crippen LogP contribution in [-0.4, -0.2) is 55.5 Å². The van der Waals surface area contributed by atoms with Crippen molar-refractivity contribution in [1.82, 2.24) is 4.90 Å². The number of anilines is 2. The Bertz CT molecular complexity index is 835. The van der Waals surface area contributed by atoms with Crippen LogP contribution in [0.25, 0.3) is 5.70 Å². The van der Waals surface area contributed by atoms with Gasteiger partial charge in [-0.3, -0.25) is 4.99 Å². The van der Waals surface area contributed by atoms with Gasteiger partial charge in [0.25, 0.3) is 0 Å². The zero-order chi connectivity index (χ0) is 21.8. The van der Waals surface area contributed by atoms with Crippen molar-refractivity contribution in [3.8, 4) is 0 Å². The number of nitrogens with zero attached hydrogens (tertiary/aromatic N) is 5. The molecule has 0 amide bonds. The van der Waals surface area contributed by atoms with Gasteiger partial charge in [0.1, 0.15) is 0 Å². The molecular weight excluding hydrogens is 358 g/mol. The Labute approximate surface area is 177 Å². The van der Waals surface area contributed by atoms with E-state index in [0.29, 0.717) is 0 Å². The molecule has 0 bridgehead atoms. The third-order valence-corrected chi connectivity index (χ3v) is 5.51. The van der Waals surface area contributed by atoms with Crippen LogP contribution < -0.4 is 20.4 Å². The molecule has 5 nitrogen and oxygen atoms in total. The van der Waals surface area contributed by atoms with Crippen LogP contribution in [0.15, 0.2) is 22.1 Å². The van der Waals surface area contributed by atoms with Gasteiger partial charge in [0.2, 0.25) is 0 Å². The second kappa shape index (κ2) is 9.64. The molecule has 162 valence electrons. The summed E-state index contributed by atoms with van der Waals surface area (Å²) in [4.78, 5) is 17.4.